The van der Waals surface area contributed by atoms with Gasteiger partial charge in [0.2, 0.25) is 0 Å². The quantitative estimate of drug-likeness (QED) is 0.571. The molecule has 0 fully saturated rings. The van der Waals surface area contributed by atoms with Crippen molar-refractivity contribution >= 4 is 11.8 Å². The first-order valence-corrected chi connectivity index (χ1v) is 2.88. The van der Waals surface area contributed by atoms with E-state index < -0.39 is 18.0 Å². The Bertz CT molecular complexity index is 134. The highest BCUT2D eigenvalue weighted by molar-refractivity contribution is 5.85. The number of hydrogen-bond donors (Lipinski definition) is 2. The molecule has 0 amide bonds. The van der Waals surface area contributed by atoms with E-state index >= 15 is 0 Å². The van der Waals surface area contributed by atoms with Crippen LogP contribution in [0, 0.1) is 5.92 Å². The van der Waals surface area contributed by atoms with Crippen molar-refractivity contribution in [1.82, 2.24) is 0 Å². The number of ketones is 1. The number of carboxylic acids is 1. The highest BCUT2D eigenvalue weighted by atomic mass is 16.4. The molecule has 0 aromatic rings. The van der Waals surface area contributed by atoms with E-state index in [1.165, 1.54) is 13.8 Å². The van der Waals surface area contributed by atoms with Crippen molar-refractivity contribution in [3.05, 3.63) is 0 Å². The topological polar surface area (TPSA) is 74.6 Å². The Kier molecular flexibility index (Phi) is 3.02. The zero-order chi connectivity index (χ0) is 8.31. The van der Waals surface area contributed by atoms with E-state index in [0.717, 1.165) is 0 Å². The lowest BCUT2D eigenvalue weighted by Crippen LogP contribution is -2.31. The predicted octanol–water partition coefficient (Wildman–Crippen LogP) is -0.343. The van der Waals surface area contributed by atoms with Gasteiger partial charge in [-0.15, -0.1) is 0 Å². The van der Waals surface area contributed by atoms with Crippen molar-refractivity contribution < 1.29 is 19.8 Å². The highest BCUT2D eigenvalue weighted by Gasteiger charge is 2.24. The molecule has 10 heavy (non-hydrogen) atoms. The van der Waals surface area contributed by atoms with Crippen LogP contribution in [0.1, 0.15) is 13.8 Å². The fraction of sp³-hybridized carbons (Fsp3) is 0.667. The highest BCUT2D eigenvalue weighted by Crippen LogP contribution is 2.03. The maximum Gasteiger partial charge on any atom is 0.333 e. The number of carboxylic acid groups (broad SMARTS) is 1. The predicted molar refractivity (Wildman–Crippen MR) is 33.5 cm³/mol. The van der Waals surface area contributed by atoms with Crippen LogP contribution in [0.25, 0.3) is 0 Å². The van der Waals surface area contributed by atoms with Crippen molar-refractivity contribution in [2.24, 2.45) is 5.92 Å². The van der Waals surface area contributed by atoms with Crippen molar-refractivity contribution in [2.75, 3.05) is 0 Å². The van der Waals surface area contributed by atoms with Gasteiger partial charge in [-0.1, -0.05) is 6.92 Å². The first-order chi connectivity index (χ1) is 4.46. The van der Waals surface area contributed by atoms with Crippen LogP contribution in [0.4, 0.5) is 0 Å². The summed E-state index contributed by atoms with van der Waals surface area (Å²) in [4.78, 5) is 20.5. The van der Waals surface area contributed by atoms with Crippen LogP contribution in [-0.4, -0.2) is 28.1 Å². The van der Waals surface area contributed by atoms with Gasteiger partial charge in [-0.2, -0.15) is 0 Å². The fourth-order valence-electron chi connectivity index (χ4n) is 0.436. The van der Waals surface area contributed by atoms with E-state index in [2.05, 4.69) is 0 Å². The summed E-state index contributed by atoms with van der Waals surface area (Å²) in [6.07, 6.45) is -1.57. The van der Waals surface area contributed by atoms with Gasteiger partial charge in [0.15, 0.2) is 6.10 Å². The Morgan fingerprint density at radius 3 is 1.90 bits per heavy atom. The molecule has 0 aliphatic heterocycles. The van der Waals surface area contributed by atoms with Gasteiger partial charge in [0.1, 0.15) is 5.78 Å². The number of hydrogen-bond acceptors (Lipinski definition) is 3. The van der Waals surface area contributed by atoms with Crippen LogP contribution in [0.3, 0.4) is 0 Å². The zero-order valence-electron chi connectivity index (χ0n) is 5.87. The molecule has 0 rings (SSSR count). The van der Waals surface area contributed by atoms with Crippen LogP contribution in [-0.2, 0) is 9.59 Å². The third-order valence-electron chi connectivity index (χ3n) is 1.37. The molecule has 4 nitrogen and oxygen atoms in total. The molecule has 58 valence electrons. The van der Waals surface area contributed by atoms with Gasteiger partial charge < -0.3 is 10.2 Å². The summed E-state index contributed by atoms with van der Waals surface area (Å²) in [6, 6.07) is 0. The molecule has 0 saturated heterocycles. The van der Waals surface area contributed by atoms with Crippen LogP contribution in [0.5, 0.6) is 0 Å². The van der Waals surface area contributed by atoms with Crippen LogP contribution >= 0.6 is 0 Å². The molecule has 0 saturated carbocycles. The van der Waals surface area contributed by atoms with Crippen molar-refractivity contribution in [1.29, 1.82) is 0 Å². The van der Waals surface area contributed by atoms with Crippen molar-refractivity contribution in [3.63, 3.8) is 0 Å². The third kappa shape index (κ3) is 2.14. The van der Waals surface area contributed by atoms with Gasteiger partial charge in [-0.25, -0.2) is 4.79 Å². The second-order valence-electron chi connectivity index (χ2n) is 2.18. The first kappa shape index (κ1) is 9.10. The lowest BCUT2D eigenvalue weighted by Gasteiger charge is -2.09. The summed E-state index contributed by atoms with van der Waals surface area (Å²) >= 11 is 0. The second kappa shape index (κ2) is 3.31. The summed E-state index contributed by atoms with van der Waals surface area (Å²) in [5, 5.41) is 16.9. The minimum atomic E-state index is -1.57. The molecule has 0 radical (unpaired) electrons. The van der Waals surface area contributed by atoms with Crippen molar-refractivity contribution in [3.8, 4) is 0 Å². The Hall–Kier alpha value is -0.900. The van der Waals surface area contributed by atoms with Crippen LogP contribution < -0.4 is 0 Å². The molecule has 0 bridgehead atoms. The summed E-state index contributed by atoms with van der Waals surface area (Å²) in [6.45, 7) is 2.62. The number of carbonyl (C=O) groups is 2. The van der Waals surface area contributed by atoms with E-state index in [0.29, 0.717) is 0 Å². The van der Waals surface area contributed by atoms with Crippen molar-refractivity contribution in [2.45, 2.75) is 20.0 Å². The van der Waals surface area contributed by atoms with E-state index in [-0.39, 0.29) is 5.78 Å². The largest absolute Gasteiger partial charge is 0.479 e. The summed E-state index contributed by atoms with van der Waals surface area (Å²) in [5.41, 5.74) is 0. The molecule has 0 heterocycles. The van der Waals surface area contributed by atoms with Crippen LogP contribution in [0.15, 0.2) is 0 Å². The molecule has 2 atom stereocenters. The number of aliphatic hydroxyl groups excluding tert-OH is 1. The molecule has 0 aromatic heterocycles. The Morgan fingerprint density at radius 1 is 1.40 bits per heavy atom. The number of aliphatic hydroxyl groups is 1. The van der Waals surface area contributed by atoms with E-state index in [1.807, 2.05) is 0 Å². The molecule has 0 aromatic carbocycles. The number of aliphatic carboxylic acids is 1. The van der Waals surface area contributed by atoms with E-state index in [9.17, 15) is 9.59 Å². The monoisotopic (exact) mass is 146 g/mol. The maximum atomic E-state index is 10.5. The van der Waals surface area contributed by atoms with Gasteiger partial charge >= 0.3 is 5.97 Å². The fourth-order valence-corrected chi connectivity index (χ4v) is 0.436. The lowest BCUT2D eigenvalue weighted by molar-refractivity contribution is -0.152. The Labute approximate surface area is 58.5 Å². The maximum absolute atomic E-state index is 10.5. The molecule has 0 aliphatic rings. The zero-order valence-corrected chi connectivity index (χ0v) is 5.87. The smallest absolute Gasteiger partial charge is 0.333 e. The molecular weight excluding hydrogens is 136 g/mol. The second-order valence-corrected chi connectivity index (χ2v) is 2.18. The molecule has 2 N–H and O–H groups in total. The molecule has 0 spiro atoms. The average molecular weight is 146 g/mol. The minimum absolute atomic E-state index is 0.324. The van der Waals surface area contributed by atoms with E-state index in [4.69, 9.17) is 10.2 Å². The van der Waals surface area contributed by atoms with Crippen LogP contribution in [0.2, 0.25) is 0 Å². The number of carbonyl (C=O) groups excluding carboxylic acids is 1. The standard InChI is InChI=1S/C6H10O4/c1-3(4(2)7)5(8)6(9)10/h3,5,8H,1-2H3,(H,9,10)/t3-,5+/m1/s1. The Balaban J connectivity index is 4.07. The van der Waals surface area contributed by atoms with E-state index in [1.54, 1.807) is 0 Å². The Morgan fingerprint density at radius 2 is 1.80 bits per heavy atom. The summed E-state index contributed by atoms with van der Waals surface area (Å²) in [5.74, 6) is -2.50. The SMILES string of the molecule is CC(=O)[C@@H](C)[C@H](O)C(=O)O. The third-order valence-corrected chi connectivity index (χ3v) is 1.37. The molecule has 4 heteroatoms. The average Bonchev–Trinajstić information content (AvgIpc) is 1.84. The van der Waals surface area contributed by atoms with Gasteiger partial charge in [0.05, 0.1) is 5.92 Å². The molecule has 0 aliphatic carbocycles. The minimum Gasteiger partial charge on any atom is -0.479 e. The van der Waals surface area contributed by atoms with Gasteiger partial charge in [-0.3, -0.25) is 4.79 Å². The summed E-state index contributed by atoms with van der Waals surface area (Å²) in [7, 11) is 0. The lowest BCUT2D eigenvalue weighted by atomic mass is 10.0. The van der Waals surface area contributed by atoms with Gasteiger partial charge in [0.25, 0.3) is 0 Å². The van der Waals surface area contributed by atoms with Gasteiger partial charge in [-0.05, 0) is 6.92 Å². The normalized spacial score (nSPS) is 15.9. The van der Waals surface area contributed by atoms with Gasteiger partial charge in [0, 0.05) is 0 Å². The summed E-state index contributed by atoms with van der Waals surface area (Å²) < 4.78 is 0. The molecule has 0 unspecified atom stereocenters. The number of Topliss-reactive ketones (excluding diaryl/α,β-unsaturated/α-hetero) is 1. The first-order valence-electron chi connectivity index (χ1n) is 2.88. The number of rotatable bonds is 3. The molecular formula is C6H10O4.